The van der Waals surface area contributed by atoms with Crippen LogP contribution in [-0.2, 0) is 0 Å². The zero-order valence-electron chi connectivity index (χ0n) is 35.2. The number of aromatic nitrogens is 2. The Hall–Kier alpha value is -8.59. The third-order valence-corrected chi connectivity index (χ3v) is 14.5. The Morgan fingerprint density at radius 1 is 0.262 bits per heavy atom. The first-order valence-corrected chi connectivity index (χ1v) is 22.5. The lowest BCUT2D eigenvalue weighted by atomic mass is 9.89. The molecule has 2 heterocycles. The van der Waals surface area contributed by atoms with Crippen LogP contribution in [0.3, 0.4) is 0 Å². The first-order chi connectivity index (χ1) is 32.2. The standard InChI is InChI=1S/C63H36N2/c1-3-41-15-19-45-33-49(34-46-20-16-42(4-1)58(41)60(45)46)37-7-11-39(12-8-37)52-25-27-56-62-54(52)23-24-55-53(26-28-57(63(55)62)65(56)51-29-31-64-32-30-51)40-13-9-38(10-14-40)50-35-47-21-17-43-5-2-6-44-18-22-48(36-50)61(47)59(43)44/h1-36H. The molecule has 0 aliphatic heterocycles. The van der Waals surface area contributed by atoms with Gasteiger partial charge in [-0.1, -0.05) is 158 Å². The largest absolute Gasteiger partial charge is 0.309 e. The summed E-state index contributed by atoms with van der Waals surface area (Å²) in [7, 11) is 0. The van der Waals surface area contributed by atoms with E-state index in [1.54, 1.807) is 0 Å². The molecule has 0 saturated carbocycles. The van der Waals surface area contributed by atoms with Crippen LogP contribution in [0, 0.1) is 0 Å². The van der Waals surface area contributed by atoms with Crippen molar-refractivity contribution in [3.63, 3.8) is 0 Å². The monoisotopic (exact) mass is 820 g/mol. The summed E-state index contributed by atoms with van der Waals surface area (Å²) in [4.78, 5) is 4.37. The molecule has 0 aliphatic rings. The molecule has 0 bridgehead atoms. The lowest BCUT2D eigenvalue weighted by Crippen LogP contribution is -1.93. The fourth-order valence-corrected chi connectivity index (χ4v) is 11.6. The number of pyridine rings is 1. The molecular weight excluding hydrogens is 785 g/mol. The molecule has 298 valence electrons. The van der Waals surface area contributed by atoms with Gasteiger partial charge < -0.3 is 4.57 Å². The van der Waals surface area contributed by atoms with Crippen molar-refractivity contribution < 1.29 is 0 Å². The van der Waals surface area contributed by atoms with Crippen molar-refractivity contribution in [3.8, 4) is 50.2 Å². The van der Waals surface area contributed by atoms with E-state index in [2.05, 4.69) is 216 Å². The average molecular weight is 821 g/mol. The van der Waals surface area contributed by atoms with Gasteiger partial charge in [0.1, 0.15) is 0 Å². The highest BCUT2D eigenvalue weighted by atomic mass is 15.0. The van der Waals surface area contributed by atoms with Gasteiger partial charge in [-0.3, -0.25) is 4.98 Å². The molecule has 0 spiro atoms. The minimum absolute atomic E-state index is 1.11. The summed E-state index contributed by atoms with van der Waals surface area (Å²) < 4.78 is 2.41. The van der Waals surface area contributed by atoms with Gasteiger partial charge in [0, 0.05) is 28.9 Å². The van der Waals surface area contributed by atoms with Crippen molar-refractivity contribution in [3.05, 3.63) is 219 Å². The summed E-state index contributed by atoms with van der Waals surface area (Å²) in [6, 6.07) is 77.3. The minimum Gasteiger partial charge on any atom is -0.309 e. The fourth-order valence-electron chi connectivity index (χ4n) is 11.6. The predicted molar refractivity (Wildman–Crippen MR) is 276 cm³/mol. The molecular formula is C63H36N2. The third-order valence-electron chi connectivity index (χ3n) is 14.5. The second kappa shape index (κ2) is 13.0. The van der Waals surface area contributed by atoms with E-state index in [0.29, 0.717) is 0 Å². The molecule has 15 aromatic rings. The number of hydrogen-bond donors (Lipinski definition) is 0. The van der Waals surface area contributed by atoms with E-state index >= 15 is 0 Å². The van der Waals surface area contributed by atoms with E-state index in [1.807, 2.05) is 12.4 Å². The van der Waals surface area contributed by atoms with Crippen LogP contribution in [0.2, 0.25) is 0 Å². The first-order valence-electron chi connectivity index (χ1n) is 22.5. The van der Waals surface area contributed by atoms with Crippen molar-refractivity contribution >= 4 is 97.2 Å². The molecule has 65 heavy (non-hydrogen) atoms. The Bertz CT molecular complexity index is 3980. The van der Waals surface area contributed by atoms with Crippen LogP contribution in [0.4, 0.5) is 0 Å². The minimum atomic E-state index is 1.11. The van der Waals surface area contributed by atoms with Crippen LogP contribution in [0.5, 0.6) is 0 Å². The predicted octanol–water partition coefficient (Wildman–Crippen LogP) is 17.2. The molecule has 0 saturated heterocycles. The Morgan fingerprint density at radius 2 is 0.615 bits per heavy atom. The first kappa shape index (κ1) is 34.9. The Balaban J connectivity index is 0.845. The molecule has 0 unspecified atom stereocenters. The summed E-state index contributed by atoms with van der Waals surface area (Å²) >= 11 is 0. The number of nitrogens with zero attached hydrogens (tertiary/aromatic N) is 2. The fraction of sp³-hybridized carbons (Fsp3) is 0. The van der Waals surface area contributed by atoms with E-state index < -0.39 is 0 Å². The van der Waals surface area contributed by atoms with Gasteiger partial charge in [0.2, 0.25) is 0 Å². The van der Waals surface area contributed by atoms with Crippen LogP contribution in [0.25, 0.3) is 147 Å². The summed E-state index contributed by atoms with van der Waals surface area (Å²) in [5, 5.41) is 20.8. The second-order valence-corrected chi connectivity index (χ2v) is 17.9. The van der Waals surface area contributed by atoms with E-state index in [1.165, 1.54) is 142 Å². The number of benzene rings is 13. The lowest BCUT2D eigenvalue weighted by molar-refractivity contribution is 1.16. The van der Waals surface area contributed by atoms with Crippen molar-refractivity contribution in [1.29, 1.82) is 0 Å². The molecule has 2 heteroatoms. The van der Waals surface area contributed by atoms with Crippen LogP contribution in [0.1, 0.15) is 0 Å². The highest BCUT2D eigenvalue weighted by Crippen LogP contribution is 2.46. The maximum absolute atomic E-state index is 4.37. The second-order valence-electron chi connectivity index (χ2n) is 17.9. The number of hydrogen-bond acceptors (Lipinski definition) is 1. The van der Waals surface area contributed by atoms with Gasteiger partial charge in [0.05, 0.1) is 11.0 Å². The van der Waals surface area contributed by atoms with E-state index in [0.717, 1.165) is 5.69 Å². The van der Waals surface area contributed by atoms with Crippen LogP contribution < -0.4 is 0 Å². The average Bonchev–Trinajstić information content (AvgIpc) is 3.72. The maximum Gasteiger partial charge on any atom is 0.0547 e. The quantitative estimate of drug-likeness (QED) is 0.158. The van der Waals surface area contributed by atoms with Gasteiger partial charge in [-0.05, 0) is 168 Å². The molecule has 0 radical (unpaired) electrons. The zero-order valence-corrected chi connectivity index (χ0v) is 35.2. The van der Waals surface area contributed by atoms with Crippen molar-refractivity contribution in [2.45, 2.75) is 0 Å². The molecule has 13 aromatic carbocycles. The summed E-state index contributed by atoms with van der Waals surface area (Å²) in [5.41, 5.74) is 13.3. The lowest BCUT2D eigenvalue weighted by Gasteiger charge is -2.14. The van der Waals surface area contributed by atoms with Gasteiger partial charge >= 0.3 is 0 Å². The van der Waals surface area contributed by atoms with Gasteiger partial charge in [-0.2, -0.15) is 0 Å². The number of rotatable bonds is 5. The van der Waals surface area contributed by atoms with Crippen LogP contribution in [-0.4, -0.2) is 9.55 Å². The highest BCUT2D eigenvalue weighted by Gasteiger charge is 2.21. The van der Waals surface area contributed by atoms with Gasteiger partial charge in [0.15, 0.2) is 0 Å². The Kier molecular flexibility index (Phi) is 6.98. The van der Waals surface area contributed by atoms with Crippen molar-refractivity contribution in [1.82, 2.24) is 9.55 Å². The molecule has 0 amide bonds. The van der Waals surface area contributed by atoms with Gasteiger partial charge in [-0.15, -0.1) is 0 Å². The summed E-state index contributed by atoms with van der Waals surface area (Å²) in [6.45, 7) is 0. The summed E-state index contributed by atoms with van der Waals surface area (Å²) in [5.74, 6) is 0. The molecule has 0 atom stereocenters. The SMILES string of the molecule is c1cc2ccc3cc(-c4ccc(-c5ccc6c7c5ccc5c(-c8ccc(-c9cc%10ccc%11cccc%12ccc(c9)c%10c%11%12)cc8)ccc(c57)n6-c5ccncc5)cc4)cc4ccc(c1)c2c34. The van der Waals surface area contributed by atoms with Gasteiger partial charge in [-0.25, -0.2) is 0 Å². The van der Waals surface area contributed by atoms with Gasteiger partial charge in [0.25, 0.3) is 0 Å². The summed E-state index contributed by atoms with van der Waals surface area (Å²) in [6.07, 6.45) is 3.78. The molecule has 2 aromatic heterocycles. The van der Waals surface area contributed by atoms with Crippen LogP contribution in [0.15, 0.2) is 219 Å². The van der Waals surface area contributed by atoms with Crippen molar-refractivity contribution in [2.24, 2.45) is 0 Å². The normalized spacial score (nSPS) is 12.3. The van der Waals surface area contributed by atoms with E-state index in [4.69, 9.17) is 0 Å². The third kappa shape index (κ3) is 4.97. The zero-order chi connectivity index (χ0) is 42.3. The molecule has 0 N–H and O–H groups in total. The topological polar surface area (TPSA) is 17.8 Å². The Morgan fingerprint density at radius 3 is 1.02 bits per heavy atom. The van der Waals surface area contributed by atoms with E-state index in [9.17, 15) is 0 Å². The molecule has 0 aliphatic carbocycles. The highest BCUT2D eigenvalue weighted by molar-refractivity contribution is 6.29. The molecule has 2 nitrogen and oxygen atoms in total. The smallest absolute Gasteiger partial charge is 0.0547 e. The maximum atomic E-state index is 4.37. The molecule has 15 rings (SSSR count). The van der Waals surface area contributed by atoms with Crippen molar-refractivity contribution in [2.75, 3.05) is 0 Å². The molecule has 0 fully saturated rings. The van der Waals surface area contributed by atoms with Crippen LogP contribution >= 0.6 is 0 Å². The Labute approximate surface area is 373 Å². The van der Waals surface area contributed by atoms with E-state index in [-0.39, 0.29) is 0 Å².